The van der Waals surface area contributed by atoms with E-state index >= 15 is 0 Å². The maximum absolute atomic E-state index is 10.8. The zero-order valence-corrected chi connectivity index (χ0v) is 10.3. The third-order valence-electron chi connectivity index (χ3n) is 2.57. The zero-order chi connectivity index (χ0) is 12.6. The molecule has 0 aliphatic carbocycles. The summed E-state index contributed by atoms with van der Waals surface area (Å²) < 4.78 is 0. The Bertz CT molecular complexity index is 397. The molecule has 0 saturated carbocycles. The maximum Gasteiger partial charge on any atom is 0.233 e. The molecule has 1 aromatic rings. The quantitative estimate of drug-likeness (QED) is 0.810. The van der Waals surface area contributed by atoms with Crippen LogP contribution in [0.4, 0.5) is 0 Å². The Hall–Kier alpha value is -1.19. The predicted molar refractivity (Wildman–Crippen MR) is 65.7 cm³/mol. The highest BCUT2D eigenvalue weighted by molar-refractivity contribution is 5.78. The fourth-order valence-electron chi connectivity index (χ4n) is 1.57. The molecule has 4 N–H and O–H groups in total. The van der Waals surface area contributed by atoms with Crippen molar-refractivity contribution in [2.24, 2.45) is 11.5 Å². The number of nitrogens with two attached hydrogens (primary N) is 2. The van der Waals surface area contributed by atoms with Crippen LogP contribution >= 0.6 is 0 Å². The van der Waals surface area contributed by atoms with Crippen molar-refractivity contribution in [3.8, 4) is 0 Å². The van der Waals surface area contributed by atoms with Gasteiger partial charge >= 0.3 is 0 Å². The van der Waals surface area contributed by atoms with Crippen LogP contribution in [0.2, 0.25) is 0 Å². The second-order valence-corrected chi connectivity index (χ2v) is 5.31. The Labute approximate surface area is 96.8 Å². The summed E-state index contributed by atoms with van der Waals surface area (Å²) >= 11 is 0. The molecule has 0 spiro atoms. The summed E-state index contributed by atoms with van der Waals surface area (Å²) in [7, 11) is 0. The molecular weight excluding hydrogens is 200 g/mol. The summed E-state index contributed by atoms with van der Waals surface area (Å²) in [6, 6.07) is 5.45. The van der Waals surface area contributed by atoms with Crippen LogP contribution in [0, 0.1) is 0 Å². The second-order valence-electron chi connectivity index (χ2n) is 5.31. The lowest BCUT2D eigenvalue weighted by molar-refractivity contribution is 0.529. The van der Waals surface area contributed by atoms with Crippen LogP contribution in [0.5, 0.6) is 0 Å². The first-order valence-electron chi connectivity index (χ1n) is 5.27. The highest BCUT2D eigenvalue weighted by atomic mass is 16.1. The molecule has 0 aliphatic heterocycles. The van der Waals surface area contributed by atoms with Crippen molar-refractivity contribution < 1.29 is 4.79 Å². The minimum atomic E-state index is -0.575. The van der Waals surface area contributed by atoms with E-state index in [1.165, 1.54) is 0 Å². The van der Waals surface area contributed by atoms with Crippen molar-refractivity contribution in [1.82, 2.24) is 0 Å². The molecule has 0 heterocycles. The van der Waals surface area contributed by atoms with E-state index in [1.54, 1.807) is 6.07 Å². The molecule has 3 nitrogen and oxygen atoms in total. The fourth-order valence-corrected chi connectivity index (χ4v) is 1.57. The highest BCUT2D eigenvalue weighted by Gasteiger charge is 2.22. The van der Waals surface area contributed by atoms with Gasteiger partial charge in [0.2, 0.25) is 6.29 Å². The Morgan fingerprint density at radius 1 is 1.06 bits per heavy atom. The average molecular weight is 219 g/mol. The van der Waals surface area contributed by atoms with Crippen LogP contribution < -0.4 is 11.5 Å². The first kappa shape index (κ1) is 12.9. The number of carbonyl (C=O) groups excluding carboxylic acids is 1. The Morgan fingerprint density at radius 3 is 2.00 bits per heavy atom. The van der Waals surface area contributed by atoms with Gasteiger partial charge in [-0.3, -0.25) is 4.79 Å². The lowest BCUT2D eigenvalue weighted by atomic mass is 9.85. The van der Waals surface area contributed by atoms with Gasteiger partial charge in [0, 0.05) is 16.6 Å². The molecule has 0 saturated heterocycles. The van der Waals surface area contributed by atoms with Gasteiger partial charge in [0.1, 0.15) is 0 Å². The Kier molecular flexibility index (Phi) is 3.22. The largest absolute Gasteiger partial charge is 0.322 e. The molecule has 1 radical (unpaired) electrons. The molecular formula is C13H19N2O. The Balaban J connectivity index is 3.39. The molecule has 0 fully saturated rings. The smallest absolute Gasteiger partial charge is 0.233 e. The molecule has 87 valence electrons. The predicted octanol–water partition coefficient (Wildman–Crippen LogP) is 1.53. The van der Waals surface area contributed by atoms with Crippen molar-refractivity contribution in [3.63, 3.8) is 0 Å². The fraction of sp³-hybridized carbons (Fsp3) is 0.462. The highest BCUT2D eigenvalue weighted by Crippen LogP contribution is 2.26. The third-order valence-corrected chi connectivity index (χ3v) is 2.57. The van der Waals surface area contributed by atoms with Gasteiger partial charge in [-0.2, -0.15) is 0 Å². The van der Waals surface area contributed by atoms with Crippen LogP contribution in [0.1, 0.15) is 44.4 Å². The molecule has 1 rings (SSSR count). The van der Waals surface area contributed by atoms with Crippen LogP contribution in [0.25, 0.3) is 0 Å². The number of hydrogen-bond acceptors (Lipinski definition) is 3. The maximum atomic E-state index is 10.8. The van der Waals surface area contributed by atoms with Crippen molar-refractivity contribution in [2.75, 3.05) is 0 Å². The average Bonchev–Trinajstić information content (AvgIpc) is 2.14. The number of hydrogen-bond donors (Lipinski definition) is 2. The first-order chi connectivity index (χ1) is 7.16. The number of rotatable bonds is 3. The lowest BCUT2D eigenvalue weighted by Crippen LogP contribution is -2.33. The molecule has 16 heavy (non-hydrogen) atoms. The lowest BCUT2D eigenvalue weighted by Gasteiger charge is -2.25. The third kappa shape index (κ3) is 2.68. The van der Waals surface area contributed by atoms with Crippen molar-refractivity contribution in [2.45, 2.75) is 38.8 Å². The molecule has 0 amide bonds. The standard InChI is InChI=1S/C13H19N2O/c1-12(2,14)10-6-5-9(8-16)11(7-10)13(3,4)15/h5-7H,14-15H2,1-4H3. The normalized spacial score (nSPS) is 12.6. The van der Waals surface area contributed by atoms with Gasteiger partial charge < -0.3 is 11.5 Å². The van der Waals surface area contributed by atoms with E-state index in [1.807, 2.05) is 46.1 Å². The van der Waals surface area contributed by atoms with Gasteiger partial charge in [0.05, 0.1) is 0 Å². The molecule has 0 bridgehead atoms. The topological polar surface area (TPSA) is 69.1 Å². The molecule has 0 atom stereocenters. The van der Waals surface area contributed by atoms with E-state index in [4.69, 9.17) is 11.5 Å². The summed E-state index contributed by atoms with van der Waals surface area (Å²) in [5, 5.41) is 0. The van der Waals surface area contributed by atoms with Crippen molar-refractivity contribution in [1.29, 1.82) is 0 Å². The molecule has 0 aromatic heterocycles. The summed E-state index contributed by atoms with van der Waals surface area (Å²) in [6.07, 6.45) is 1.91. The monoisotopic (exact) mass is 219 g/mol. The van der Waals surface area contributed by atoms with Crippen LogP contribution in [-0.4, -0.2) is 6.29 Å². The van der Waals surface area contributed by atoms with Crippen LogP contribution in [0.3, 0.4) is 0 Å². The van der Waals surface area contributed by atoms with Crippen LogP contribution in [-0.2, 0) is 15.9 Å². The zero-order valence-electron chi connectivity index (χ0n) is 10.3. The molecule has 0 unspecified atom stereocenters. The minimum Gasteiger partial charge on any atom is -0.322 e. The summed E-state index contributed by atoms with van der Waals surface area (Å²) in [5.41, 5.74) is 13.3. The second kappa shape index (κ2) is 4.00. The number of benzene rings is 1. The SMILES string of the molecule is CC(C)(N)c1ccc([C]=O)c(C(C)(C)N)c1. The van der Waals surface area contributed by atoms with Gasteiger partial charge in [-0.1, -0.05) is 18.2 Å². The van der Waals surface area contributed by atoms with E-state index in [9.17, 15) is 4.79 Å². The van der Waals surface area contributed by atoms with Gasteiger partial charge in [-0.25, -0.2) is 0 Å². The summed E-state index contributed by atoms with van der Waals surface area (Å²) in [5.74, 6) is 0. The Morgan fingerprint density at radius 2 is 1.62 bits per heavy atom. The summed E-state index contributed by atoms with van der Waals surface area (Å²) in [4.78, 5) is 10.8. The van der Waals surface area contributed by atoms with E-state index in [2.05, 4.69) is 0 Å². The van der Waals surface area contributed by atoms with Gasteiger partial charge in [-0.05, 0) is 38.8 Å². The van der Waals surface area contributed by atoms with E-state index in [0.717, 1.165) is 11.1 Å². The molecule has 0 aliphatic rings. The molecule has 1 aromatic carbocycles. The first-order valence-corrected chi connectivity index (χ1v) is 5.27. The minimum absolute atomic E-state index is 0.443. The van der Waals surface area contributed by atoms with Gasteiger partial charge in [-0.15, -0.1) is 0 Å². The molecule has 3 heteroatoms. The van der Waals surface area contributed by atoms with Crippen molar-refractivity contribution >= 4 is 6.29 Å². The van der Waals surface area contributed by atoms with E-state index in [-0.39, 0.29) is 0 Å². The van der Waals surface area contributed by atoms with E-state index in [0.29, 0.717) is 5.56 Å². The van der Waals surface area contributed by atoms with E-state index < -0.39 is 11.1 Å². The summed E-state index contributed by atoms with van der Waals surface area (Å²) in [6.45, 7) is 7.55. The van der Waals surface area contributed by atoms with Crippen molar-refractivity contribution in [3.05, 3.63) is 34.9 Å². The van der Waals surface area contributed by atoms with Gasteiger partial charge in [0.25, 0.3) is 0 Å². The van der Waals surface area contributed by atoms with Gasteiger partial charge in [0.15, 0.2) is 0 Å². The van der Waals surface area contributed by atoms with Crippen LogP contribution in [0.15, 0.2) is 18.2 Å².